The van der Waals surface area contributed by atoms with E-state index in [-0.39, 0.29) is 6.04 Å². The summed E-state index contributed by atoms with van der Waals surface area (Å²) in [7, 11) is 0. The molecule has 1 unspecified atom stereocenters. The van der Waals surface area contributed by atoms with Crippen LogP contribution in [-0.4, -0.2) is 9.97 Å². The summed E-state index contributed by atoms with van der Waals surface area (Å²) >= 11 is 0. The Balaban J connectivity index is 2.28. The molecule has 0 amide bonds. The van der Waals surface area contributed by atoms with Crippen molar-refractivity contribution in [3.8, 4) is 0 Å². The van der Waals surface area contributed by atoms with Gasteiger partial charge in [0.15, 0.2) is 0 Å². The summed E-state index contributed by atoms with van der Waals surface area (Å²) in [6.07, 6.45) is 5.06. The van der Waals surface area contributed by atoms with E-state index in [1.54, 1.807) is 12.4 Å². The first kappa shape index (κ1) is 12.7. The van der Waals surface area contributed by atoms with Crippen molar-refractivity contribution in [3.63, 3.8) is 0 Å². The van der Waals surface area contributed by atoms with Crippen molar-refractivity contribution in [1.82, 2.24) is 15.4 Å². The molecule has 0 aliphatic carbocycles. The minimum Gasteiger partial charge on any atom is -0.271 e. The summed E-state index contributed by atoms with van der Waals surface area (Å²) in [4.78, 5) is 8.04. The molecule has 0 saturated heterocycles. The van der Waals surface area contributed by atoms with E-state index in [4.69, 9.17) is 5.84 Å². The summed E-state index contributed by atoms with van der Waals surface area (Å²) in [5.41, 5.74) is 6.19. The molecule has 1 atom stereocenters. The average molecular weight is 242 g/mol. The molecule has 0 bridgehead atoms. The fourth-order valence-corrected chi connectivity index (χ4v) is 1.92. The first-order chi connectivity index (χ1) is 8.72. The van der Waals surface area contributed by atoms with E-state index in [1.165, 1.54) is 11.9 Å². The highest BCUT2D eigenvalue weighted by Gasteiger charge is 2.12. The SMILES string of the molecule is CC(C)c1ccc(C(NN)c2cncnc2)cc1. The van der Waals surface area contributed by atoms with Crippen molar-refractivity contribution in [2.75, 3.05) is 0 Å². The molecule has 2 aromatic rings. The Labute approximate surface area is 107 Å². The van der Waals surface area contributed by atoms with Gasteiger partial charge in [0.2, 0.25) is 0 Å². The zero-order valence-electron chi connectivity index (χ0n) is 10.7. The number of hydrogen-bond donors (Lipinski definition) is 2. The van der Waals surface area contributed by atoms with E-state index >= 15 is 0 Å². The Morgan fingerprint density at radius 2 is 1.50 bits per heavy atom. The maximum absolute atomic E-state index is 5.63. The number of hydrogen-bond acceptors (Lipinski definition) is 4. The highest BCUT2D eigenvalue weighted by molar-refractivity contribution is 5.32. The first-order valence-electron chi connectivity index (χ1n) is 6.03. The van der Waals surface area contributed by atoms with Crippen LogP contribution < -0.4 is 11.3 Å². The second-order valence-electron chi connectivity index (χ2n) is 4.59. The van der Waals surface area contributed by atoms with Crippen molar-refractivity contribution in [2.24, 2.45) is 5.84 Å². The maximum atomic E-state index is 5.63. The van der Waals surface area contributed by atoms with Crippen LogP contribution >= 0.6 is 0 Å². The van der Waals surface area contributed by atoms with Gasteiger partial charge in [-0.2, -0.15) is 0 Å². The zero-order valence-corrected chi connectivity index (χ0v) is 10.7. The number of hydrazine groups is 1. The lowest BCUT2D eigenvalue weighted by atomic mass is 9.97. The average Bonchev–Trinajstić information content (AvgIpc) is 2.41. The Bertz CT molecular complexity index is 479. The molecule has 4 nitrogen and oxygen atoms in total. The molecule has 1 heterocycles. The van der Waals surface area contributed by atoms with E-state index < -0.39 is 0 Å². The van der Waals surface area contributed by atoms with Crippen LogP contribution in [0.3, 0.4) is 0 Å². The molecule has 3 N–H and O–H groups in total. The molecular weight excluding hydrogens is 224 g/mol. The van der Waals surface area contributed by atoms with E-state index in [2.05, 4.69) is 53.5 Å². The normalized spacial score (nSPS) is 12.7. The van der Waals surface area contributed by atoms with Crippen LogP contribution in [-0.2, 0) is 0 Å². The van der Waals surface area contributed by atoms with Crippen LogP contribution in [0.15, 0.2) is 43.0 Å². The molecule has 0 aliphatic rings. The summed E-state index contributed by atoms with van der Waals surface area (Å²) in [6, 6.07) is 8.37. The van der Waals surface area contributed by atoms with Gasteiger partial charge in [-0.15, -0.1) is 0 Å². The predicted molar refractivity (Wildman–Crippen MR) is 71.7 cm³/mol. The largest absolute Gasteiger partial charge is 0.271 e. The van der Waals surface area contributed by atoms with Crippen molar-refractivity contribution >= 4 is 0 Å². The summed E-state index contributed by atoms with van der Waals surface area (Å²) in [6.45, 7) is 4.36. The molecule has 18 heavy (non-hydrogen) atoms. The molecule has 4 heteroatoms. The van der Waals surface area contributed by atoms with Crippen LogP contribution in [0, 0.1) is 0 Å². The minimum absolute atomic E-state index is 0.0765. The summed E-state index contributed by atoms with van der Waals surface area (Å²) in [5.74, 6) is 6.16. The molecule has 0 saturated carbocycles. The molecule has 1 aromatic carbocycles. The van der Waals surface area contributed by atoms with Gasteiger partial charge in [0.1, 0.15) is 6.33 Å². The molecule has 1 aromatic heterocycles. The van der Waals surface area contributed by atoms with Gasteiger partial charge in [0, 0.05) is 18.0 Å². The van der Waals surface area contributed by atoms with Gasteiger partial charge in [-0.1, -0.05) is 38.1 Å². The van der Waals surface area contributed by atoms with Gasteiger partial charge in [-0.3, -0.25) is 5.84 Å². The zero-order chi connectivity index (χ0) is 13.0. The number of rotatable bonds is 4. The number of nitrogens with two attached hydrogens (primary N) is 1. The Morgan fingerprint density at radius 3 is 2.00 bits per heavy atom. The maximum Gasteiger partial charge on any atom is 0.115 e. The van der Waals surface area contributed by atoms with Crippen LogP contribution in [0.5, 0.6) is 0 Å². The Kier molecular flexibility index (Phi) is 4.02. The van der Waals surface area contributed by atoms with E-state index in [9.17, 15) is 0 Å². The second-order valence-corrected chi connectivity index (χ2v) is 4.59. The lowest BCUT2D eigenvalue weighted by molar-refractivity contribution is 0.631. The molecule has 2 rings (SSSR count). The quantitative estimate of drug-likeness (QED) is 0.637. The van der Waals surface area contributed by atoms with Crippen LogP contribution in [0.4, 0.5) is 0 Å². The fourth-order valence-electron chi connectivity index (χ4n) is 1.92. The molecule has 0 fully saturated rings. The van der Waals surface area contributed by atoms with Crippen molar-refractivity contribution in [3.05, 3.63) is 59.7 Å². The summed E-state index contributed by atoms with van der Waals surface area (Å²) in [5, 5.41) is 0. The standard InChI is InChI=1S/C14H18N4/c1-10(2)11-3-5-12(6-4-11)14(18-15)13-7-16-9-17-8-13/h3-10,14,18H,15H2,1-2H3. The van der Waals surface area contributed by atoms with Crippen LogP contribution in [0.2, 0.25) is 0 Å². The third-order valence-corrected chi connectivity index (χ3v) is 3.02. The van der Waals surface area contributed by atoms with Crippen molar-refractivity contribution < 1.29 is 0 Å². The Morgan fingerprint density at radius 1 is 0.944 bits per heavy atom. The fraction of sp³-hybridized carbons (Fsp3) is 0.286. The van der Waals surface area contributed by atoms with Gasteiger partial charge < -0.3 is 0 Å². The van der Waals surface area contributed by atoms with Gasteiger partial charge >= 0.3 is 0 Å². The monoisotopic (exact) mass is 242 g/mol. The molecule has 0 aliphatic heterocycles. The topological polar surface area (TPSA) is 63.8 Å². The van der Waals surface area contributed by atoms with Crippen molar-refractivity contribution in [1.29, 1.82) is 0 Å². The van der Waals surface area contributed by atoms with Crippen LogP contribution in [0.25, 0.3) is 0 Å². The predicted octanol–water partition coefficient (Wildman–Crippen LogP) is 2.15. The highest BCUT2D eigenvalue weighted by Crippen LogP contribution is 2.22. The number of nitrogens with zero attached hydrogens (tertiary/aromatic N) is 2. The lowest BCUT2D eigenvalue weighted by Gasteiger charge is -2.16. The van der Waals surface area contributed by atoms with Gasteiger partial charge in [-0.25, -0.2) is 15.4 Å². The number of aromatic nitrogens is 2. The third kappa shape index (κ3) is 2.72. The summed E-state index contributed by atoms with van der Waals surface area (Å²) < 4.78 is 0. The molecule has 94 valence electrons. The smallest absolute Gasteiger partial charge is 0.115 e. The van der Waals surface area contributed by atoms with Crippen LogP contribution in [0.1, 0.15) is 42.5 Å². The van der Waals surface area contributed by atoms with Gasteiger partial charge in [-0.05, 0) is 17.0 Å². The lowest BCUT2D eigenvalue weighted by Crippen LogP contribution is -2.29. The van der Waals surface area contributed by atoms with Crippen molar-refractivity contribution in [2.45, 2.75) is 25.8 Å². The van der Waals surface area contributed by atoms with E-state index in [0.29, 0.717) is 5.92 Å². The number of nitrogens with one attached hydrogen (secondary N) is 1. The Hall–Kier alpha value is -1.78. The molecule has 0 spiro atoms. The highest BCUT2D eigenvalue weighted by atomic mass is 15.2. The molecule has 0 radical (unpaired) electrons. The van der Waals surface area contributed by atoms with Gasteiger partial charge in [0.05, 0.1) is 6.04 Å². The van der Waals surface area contributed by atoms with E-state index in [1.807, 2.05) is 0 Å². The molecular formula is C14H18N4. The third-order valence-electron chi connectivity index (χ3n) is 3.02. The number of benzene rings is 1. The van der Waals surface area contributed by atoms with Gasteiger partial charge in [0.25, 0.3) is 0 Å². The first-order valence-corrected chi connectivity index (χ1v) is 6.03. The van der Waals surface area contributed by atoms with E-state index in [0.717, 1.165) is 11.1 Å². The minimum atomic E-state index is -0.0765. The second kappa shape index (κ2) is 5.71.